The Morgan fingerprint density at radius 1 is 1.48 bits per heavy atom. The van der Waals surface area contributed by atoms with Crippen LogP contribution in [0.15, 0.2) is 29.3 Å². The number of ether oxygens (including phenoxy) is 2. The predicted molar refractivity (Wildman–Crippen MR) is 81.4 cm³/mol. The Hall–Kier alpha value is -2.29. The first-order valence-corrected chi connectivity index (χ1v) is 7.04. The molecule has 0 aliphatic heterocycles. The van der Waals surface area contributed by atoms with E-state index in [0.29, 0.717) is 0 Å². The molecule has 9 heteroatoms. The van der Waals surface area contributed by atoms with Gasteiger partial charge in [0.05, 0.1) is 10.5 Å². The molecule has 0 unspecified atom stereocenters. The third kappa shape index (κ3) is 4.59. The van der Waals surface area contributed by atoms with Gasteiger partial charge in [-0.3, -0.25) is 10.1 Å². The second kappa shape index (κ2) is 7.32. The van der Waals surface area contributed by atoms with Crippen molar-refractivity contribution >= 4 is 33.6 Å². The van der Waals surface area contributed by atoms with Gasteiger partial charge >= 0.3 is 17.6 Å². The lowest BCUT2D eigenvalue weighted by molar-refractivity contribution is -0.387. The van der Waals surface area contributed by atoms with E-state index in [9.17, 15) is 24.1 Å². The molecule has 23 heavy (non-hydrogen) atoms. The topological polar surface area (TPSA) is 95.7 Å². The number of rotatable bonds is 6. The molecule has 1 rings (SSSR count). The fourth-order valence-electron chi connectivity index (χ4n) is 1.47. The van der Waals surface area contributed by atoms with Gasteiger partial charge in [-0.2, -0.15) is 4.39 Å². The van der Waals surface area contributed by atoms with Crippen molar-refractivity contribution in [1.82, 2.24) is 0 Å². The van der Waals surface area contributed by atoms with Crippen molar-refractivity contribution < 1.29 is 28.4 Å². The van der Waals surface area contributed by atoms with Gasteiger partial charge < -0.3 is 9.47 Å². The molecule has 0 bridgehead atoms. The highest BCUT2D eigenvalue weighted by Crippen LogP contribution is 2.28. The molecule has 0 amide bonds. The molecule has 0 radical (unpaired) electrons. The van der Waals surface area contributed by atoms with E-state index >= 15 is 0 Å². The van der Waals surface area contributed by atoms with E-state index in [1.54, 1.807) is 0 Å². The predicted octanol–water partition coefficient (Wildman–Crippen LogP) is 3.16. The molecule has 0 spiro atoms. The van der Waals surface area contributed by atoms with Crippen LogP contribution in [0.5, 0.6) is 0 Å². The molecule has 0 saturated carbocycles. The number of hydrogen-bond donors (Lipinski definition) is 0. The zero-order valence-electron chi connectivity index (χ0n) is 12.3. The molecule has 0 aliphatic rings. The lowest BCUT2D eigenvalue weighted by Gasteiger charge is -2.22. The van der Waals surface area contributed by atoms with E-state index < -0.39 is 34.0 Å². The highest BCUT2D eigenvalue weighted by molar-refractivity contribution is 9.10. The molecule has 0 aliphatic carbocycles. The van der Waals surface area contributed by atoms with Gasteiger partial charge in [-0.25, -0.2) is 9.59 Å². The van der Waals surface area contributed by atoms with E-state index in [2.05, 4.69) is 22.5 Å². The number of halogens is 2. The number of nitro groups is 1. The molecule has 0 atom stereocenters. The maximum atomic E-state index is 13.4. The summed E-state index contributed by atoms with van der Waals surface area (Å²) in [6.45, 7) is 5.90. The van der Waals surface area contributed by atoms with Crippen LogP contribution in [0.1, 0.15) is 24.2 Å². The van der Waals surface area contributed by atoms with Crippen molar-refractivity contribution in [1.29, 1.82) is 0 Å². The molecule has 0 fully saturated rings. The van der Waals surface area contributed by atoms with E-state index in [-0.39, 0.29) is 16.6 Å². The summed E-state index contributed by atoms with van der Waals surface area (Å²) in [4.78, 5) is 33.7. The van der Waals surface area contributed by atoms with Crippen molar-refractivity contribution in [3.8, 4) is 0 Å². The van der Waals surface area contributed by atoms with Gasteiger partial charge in [-0.1, -0.05) is 12.7 Å². The first kappa shape index (κ1) is 18.8. The maximum absolute atomic E-state index is 13.4. The third-order valence-electron chi connectivity index (χ3n) is 2.62. The maximum Gasteiger partial charge on any atom is 0.350 e. The quantitative estimate of drug-likeness (QED) is 0.321. The van der Waals surface area contributed by atoms with Crippen molar-refractivity contribution in [3.63, 3.8) is 0 Å². The van der Waals surface area contributed by atoms with Gasteiger partial charge in [-0.05, 0) is 35.8 Å². The van der Waals surface area contributed by atoms with Crippen LogP contribution in [0.25, 0.3) is 0 Å². The van der Waals surface area contributed by atoms with Crippen LogP contribution in [0.4, 0.5) is 10.1 Å². The van der Waals surface area contributed by atoms with Gasteiger partial charge in [0.1, 0.15) is 6.61 Å². The smallest absolute Gasteiger partial charge is 0.350 e. The SMILES string of the molecule is C=CCOC(=O)C(C)(C)OC(=O)c1cc([N+](=O)[O-])c(F)cc1Br. The average molecular weight is 390 g/mol. The summed E-state index contributed by atoms with van der Waals surface area (Å²) in [5.74, 6) is -2.97. The zero-order valence-corrected chi connectivity index (χ0v) is 13.9. The summed E-state index contributed by atoms with van der Waals surface area (Å²) >= 11 is 2.92. The Morgan fingerprint density at radius 2 is 2.09 bits per heavy atom. The Morgan fingerprint density at radius 3 is 2.61 bits per heavy atom. The fraction of sp³-hybridized carbons (Fsp3) is 0.286. The standard InChI is InChI=1S/C14H13BrFNO6/c1-4-5-22-13(19)14(2,3)23-12(18)8-6-11(17(20)21)10(16)7-9(8)15/h4,6-7H,1,5H2,2-3H3. The van der Waals surface area contributed by atoms with Gasteiger partial charge in [0.15, 0.2) is 0 Å². The van der Waals surface area contributed by atoms with Crippen LogP contribution in [0.2, 0.25) is 0 Å². The molecule has 7 nitrogen and oxygen atoms in total. The molecule has 0 saturated heterocycles. The number of hydrogen-bond acceptors (Lipinski definition) is 6. The van der Waals surface area contributed by atoms with Crippen molar-refractivity contribution in [2.75, 3.05) is 6.61 Å². The first-order chi connectivity index (χ1) is 10.6. The van der Waals surface area contributed by atoms with E-state index in [0.717, 1.165) is 12.1 Å². The largest absolute Gasteiger partial charge is 0.459 e. The number of nitrogens with zero attached hydrogens (tertiary/aromatic N) is 1. The minimum atomic E-state index is -1.64. The summed E-state index contributed by atoms with van der Waals surface area (Å²) in [5.41, 5.74) is -2.81. The minimum absolute atomic E-state index is 0.0409. The summed E-state index contributed by atoms with van der Waals surface area (Å²) < 4.78 is 23.2. The lowest BCUT2D eigenvalue weighted by atomic mass is 10.1. The van der Waals surface area contributed by atoms with Gasteiger partial charge in [-0.15, -0.1) is 0 Å². The summed E-state index contributed by atoms with van der Waals surface area (Å²) in [6.07, 6.45) is 1.34. The van der Waals surface area contributed by atoms with E-state index in [1.165, 1.54) is 19.9 Å². The number of nitro benzene ring substituents is 1. The van der Waals surface area contributed by atoms with Crippen molar-refractivity contribution in [3.05, 3.63) is 50.8 Å². The zero-order chi connectivity index (χ0) is 17.8. The normalized spacial score (nSPS) is 10.8. The highest BCUT2D eigenvalue weighted by atomic mass is 79.9. The van der Waals surface area contributed by atoms with Gasteiger partial charge in [0.2, 0.25) is 11.4 Å². The van der Waals surface area contributed by atoms with Crippen molar-refractivity contribution in [2.24, 2.45) is 0 Å². The van der Waals surface area contributed by atoms with E-state index in [4.69, 9.17) is 9.47 Å². The average Bonchev–Trinajstić information content (AvgIpc) is 2.43. The number of carbonyl (C=O) groups is 2. The number of esters is 2. The minimum Gasteiger partial charge on any atom is -0.459 e. The molecule has 0 N–H and O–H groups in total. The van der Waals surface area contributed by atoms with Gasteiger partial charge in [0.25, 0.3) is 0 Å². The third-order valence-corrected chi connectivity index (χ3v) is 3.28. The van der Waals surface area contributed by atoms with E-state index in [1.807, 2.05) is 0 Å². The highest BCUT2D eigenvalue weighted by Gasteiger charge is 2.35. The summed E-state index contributed by atoms with van der Waals surface area (Å²) in [6, 6.07) is 1.50. The molecular weight excluding hydrogens is 377 g/mol. The second-order valence-corrected chi connectivity index (χ2v) is 5.68. The van der Waals surface area contributed by atoms with Crippen LogP contribution < -0.4 is 0 Å². The lowest BCUT2D eigenvalue weighted by Crippen LogP contribution is -2.39. The Balaban J connectivity index is 3.06. The molecular formula is C14H13BrFNO6. The molecule has 0 heterocycles. The summed E-state index contributed by atoms with van der Waals surface area (Å²) in [5, 5.41) is 10.7. The molecule has 0 aromatic heterocycles. The number of carbonyl (C=O) groups excluding carboxylic acids is 2. The molecule has 1 aromatic carbocycles. The molecule has 124 valence electrons. The van der Waals surface area contributed by atoms with Crippen LogP contribution in [-0.2, 0) is 14.3 Å². The van der Waals surface area contributed by atoms with Gasteiger partial charge in [0, 0.05) is 10.5 Å². The van der Waals surface area contributed by atoms with Crippen LogP contribution in [0, 0.1) is 15.9 Å². The monoisotopic (exact) mass is 389 g/mol. The summed E-state index contributed by atoms with van der Waals surface area (Å²) in [7, 11) is 0. The Bertz CT molecular complexity index is 673. The molecule has 1 aromatic rings. The van der Waals surface area contributed by atoms with Crippen LogP contribution in [0.3, 0.4) is 0 Å². The second-order valence-electron chi connectivity index (χ2n) is 4.83. The number of benzene rings is 1. The Labute approximate surface area is 139 Å². The first-order valence-electron chi connectivity index (χ1n) is 6.25. The van der Waals surface area contributed by atoms with Crippen LogP contribution in [-0.4, -0.2) is 29.1 Å². The fourth-order valence-corrected chi connectivity index (χ4v) is 1.95. The van der Waals surface area contributed by atoms with Crippen LogP contribution >= 0.6 is 15.9 Å². The van der Waals surface area contributed by atoms with Crippen molar-refractivity contribution in [2.45, 2.75) is 19.4 Å². The Kier molecular flexibility index (Phi) is 5.97.